The van der Waals surface area contributed by atoms with Gasteiger partial charge in [0.1, 0.15) is 41.9 Å². The van der Waals surface area contributed by atoms with Crippen LogP contribution in [0.5, 0.6) is 11.5 Å². The second-order valence-corrected chi connectivity index (χ2v) is 9.60. The molecule has 1 aliphatic carbocycles. The third kappa shape index (κ3) is 6.27. The summed E-state index contributed by atoms with van der Waals surface area (Å²) in [6, 6.07) is 13.2. The van der Waals surface area contributed by atoms with Crippen LogP contribution in [0.1, 0.15) is 30.9 Å². The average Bonchev–Trinajstić information content (AvgIpc) is 3.48. The van der Waals surface area contributed by atoms with Gasteiger partial charge in [0.2, 0.25) is 5.95 Å². The molecule has 0 bridgehead atoms. The van der Waals surface area contributed by atoms with Gasteiger partial charge in [0, 0.05) is 24.4 Å². The fraction of sp³-hybridized carbons (Fsp3) is 0.286. The van der Waals surface area contributed by atoms with E-state index in [1.807, 2.05) is 31.2 Å². The Morgan fingerprint density at radius 1 is 1.18 bits per heavy atom. The highest BCUT2D eigenvalue weighted by molar-refractivity contribution is 5.68. The molecule has 2 aromatic carbocycles. The van der Waals surface area contributed by atoms with Crippen LogP contribution in [-0.2, 0) is 17.7 Å². The molecule has 204 valence electrons. The summed E-state index contributed by atoms with van der Waals surface area (Å²) in [5.41, 5.74) is 8.35. The van der Waals surface area contributed by atoms with Gasteiger partial charge in [0.05, 0.1) is 24.9 Å². The number of nitrogens with two attached hydrogens (primary N) is 1. The highest BCUT2D eigenvalue weighted by Crippen LogP contribution is 2.43. The van der Waals surface area contributed by atoms with Gasteiger partial charge in [-0.2, -0.15) is 10.4 Å². The summed E-state index contributed by atoms with van der Waals surface area (Å²) in [7, 11) is 1.58. The Hall–Kier alpha value is -5.18. The lowest BCUT2D eigenvalue weighted by Gasteiger charge is -2.17. The van der Waals surface area contributed by atoms with E-state index in [-0.39, 0.29) is 6.10 Å². The molecule has 2 heterocycles. The Bertz CT molecular complexity index is 1530. The highest BCUT2D eigenvalue weighted by atomic mass is 16.6. The molecule has 4 aromatic rings. The second kappa shape index (κ2) is 11.3. The third-order valence-electron chi connectivity index (χ3n) is 6.49. The molecule has 5 rings (SSSR count). The van der Waals surface area contributed by atoms with Crippen molar-refractivity contribution in [3.8, 4) is 28.7 Å². The Morgan fingerprint density at radius 2 is 1.98 bits per heavy atom. The van der Waals surface area contributed by atoms with Gasteiger partial charge in [-0.05, 0) is 55.2 Å². The number of amides is 1. The molecule has 0 radical (unpaired) electrons. The predicted octanol–water partition coefficient (Wildman–Crippen LogP) is 4.00. The maximum absolute atomic E-state index is 11.2. The average molecular weight is 541 g/mol. The molecule has 0 spiro atoms. The molecule has 2 aromatic heterocycles. The van der Waals surface area contributed by atoms with Crippen LogP contribution in [0.15, 0.2) is 61.4 Å². The minimum absolute atomic E-state index is 0.237. The minimum Gasteiger partial charge on any atom is -0.495 e. The molecule has 1 fully saturated rings. The molecule has 40 heavy (non-hydrogen) atoms. The summed E-state index contributed by atoms with van der Waals surface area (Å²) >= 11 is 0. The predicted molar refractivity (Wildman–Crippen MR) is 145 cm³/mol. The van der Waals surface area contributed by atoms with Crippen molar-refractivity contribution in [1.29, 1.82) is 5.26 Å². The van der Waals surface area contributed by atoms with Crippen LogP contribution in [0.3, 0.4) is 0 Å². The van der Waals surface area contributed by atoms with E-state index in [4.69, 9.17) is 19.9 Å². The van der Waals surface area contributed by atoms with Gasteiger partial charge < -0.3 is 25.3 Å². The van der Waals surface area contributed by atoms with Crippen LogP contribution in [0.4, 0.5) is 16.4 Å². The number of nitrogens with one attached hydrogen (secondary N) is 1. The Morgan fingerprint density at radius 3 is 2.62 bits per heavy atom. The first-order valence-corrected chi connectivity index (χ1v) is 12.6. The number of hydrogen-bond acceptors (Lipinski definition) is 10. The van der Waals surface area contributed by atoms with Crippen molar-refractivity contribution in [2.45, 2.75) is 44.4 Å². The van der Waals surface area contributed by atoms with Gasteiger partial charge in [-0.3, -0.25) is 0 Å². The van der Waals surface area contributed by atoms with E-state index >= 15 is 0 Å². The molecular weight excluding hydrogens is 512 g/mol. The largest absolute Gasteiger partial charge is 0.495 e. The number of nitriles is 1. The summed E-state index contributed by atoms with van der Waals surface area (Å²) in [6.45, 7) is 2.39. The van der Waals surface area contributed by atoms with Crippen LogP contribution in [0.2, 0.25) is 0 Å². The van der Waals surface area contributed by atoms with Crippen molar-refractivity contribution >= 4 is 17.7 Å². The molecule has 1 saturated carbocycles. The lowest BCUT2D eigenvalue weighted by atomic mass is 10.1. The lowest BCUT2D eigenvalue weighted by Crippen LogP contribution is -2.26. The first-order chi connectivity index (χ1) is 19.4. The van der Waals surface area contributed by atoms with Crippen molar-refractivity contribution in [1.82, 2.24) is 24.7 Å². The maximum Gasteiger partial charge on any atom is 0.405 e. The molecule has 12 nitrogen and oxygen atoms in total. The topological polar surface area (TPSA) is 163 Å². The number of primary amides is 1. The Balaban J connectivity index is 1.28. The Labute approximate surface area is 230 Å². The standard InChI is InChI=1S/C28H28N8O4/c1-18(15-36-17-31-16-34-36)39-24-10-20(4-5-21(24)12-29)22-13-32-27(33-14-22)35-23-6-3-19(9-25(23)38-2)11-28(7-8-28)40-26(30)37/h3-6,9-10,13-14,16-18H,7-8,11,15H2,1-2H3,(H2,30,37)(H,32,33,35)/t18-/m0/s1. The number of nitrogens with zero attached hydrogens (tertiary/aromatic N) is 6. The number of aromatic nitrogens is 5. The first-order valence-electron chi connectivity index (χ1n) is 12.6. The lowest BCUT2D eigenvalue weighted by molar-refractivity contribution is 0.0911. The fourth-order valence-corrected chi connectivity index (χ4v) is 4.39. The van der Waals surface area contributed by atoms with Crippen LogP contribution < -0.4 is 20.5 Å². The highest BCUT2D eigenvalue weighted by Gasteiger charge is 2.46. The zero-order chi connectivity index (χ0) is 28.1. The molecule has 1 aliphatic rings. The number of anilines is 2. The maximum atomic E-state index is 11.2. The number of benzene rings is 2. The van der Waals surface area contributed by atoms with Gasteiger partial charge in [0.25, 0.3) is 0 Å². The minimum atomic E-state index is -0.758. The van der Waals surface area contributed by atoms with Crippen molar-refractivity contribution < 1.29 is 19.0 Å². The molecule has 3 N–H and O–H groups in total. The monoisotopic (exact) mass is 540 g/mol. The summed E-state index contributed by atoms with van der Waals surface area (Å²) in [6.07, 6.45) is 7.60. The number of rotatable bonds is 11. The van der Waals surface area contributed by atoms with E-state index in [0.717, 1.165) is 29.5 Å². The van der Waals surface area contributed by atoms with E-state index in [2.05, 4.69) is 31.4 Å². The molecular formula is C28H28N8O4. The zero-order valence-electron chi connectivity index (χ0n) is 22.1. The van der Waals surface area contributed by atoms with Crippen LogP contribution in [0.25, 0.3) is 11.1 Å². The second-order valence-electron chi connectivity index (χ2n) is 9.60. The van der Waals surface area contributed by atoms with Gasteiger partial charge in [-0.15, -0.1) is 0 Å². The van der Waals surface area contributed by atoms with Crippen LogP contribution in [-0.4, -0.2) is 49.6 Å². The third-order valence-corrected chi connectivity index (χ3v) is 6.49. The summed E-state index contributed by atoms with van der Waals surface area (Å²) in [5, 5.41) is 16.8. The number of ether oxygens (including phenoxy) is 3. The molecule has 0 aliphatic heterocycles. The molecule has 0 saturated heterocycles. The van der Waals surface area contributed by atoms with Crippen molar-refractivity contribution in [2.24, 2.45) is 5.73 Å². The molecule has 1 atom stereocenters. The van der Waals surface area contributed by atoms with E-state index in [9.17, 15) is 10.1 Å². The van der Waals surface area contributed by atoms with Crippen molar-refractivity contribution in [3.05, 3.63) is 72.6 Å². The summed E-state index contributed by atoms with van der Waals surface area (Å²) in [4.78, 5) is 24.1. The van der Waals surface area contributed by atoms with Crippen LogP contribution >= 0.6 is 0 Å². The zero-order valence-corrected chi connectivity index (χ0v) is 22.1. The smallest absolute Gasteiger partial charge is 0.405 e. The summed E-state index contributed by atoms with van der Waals surface area (Å²) < 4.78 is 18.6. The fourth-order valence-electron chi connectivity index (χ4n) is 4.39. The number of methoxy groups -OCH3 is 1. The SMILES string of the molecule is COc1cc(CC2(OC(N)=O)CC2)ccc1Nc1ncc(-c2ccc(C#N)c(O[C@@H](C)Cn3cncn3)c2)cn1. The quantitative estimate of drug-likeness (QED) is 0.284. The normalized spacial score (nSPS) is 14.0. The molecule has 12 heteroatoms. The van der Waals surface area contributed by atoms with E-state index in [1.165, 1.54) is 6.33 Å². The number of carbonyl (C=O) groups excluding carboxylic acids is 1. The van der Waals surface area contributed by atoms with Gasteiger partial charge in [-0.25, -0.2) is 24.4 Å². The Kier molecular flexibility index (Phi) is 7.46. The van der Waals surface area contributed by atoms with Crippen molar-refractivity contribution in [2.75, 3.05) is 12.4 Å². The van der Waals surface area contributed by atoms with Gasteiger partial charge in [-0.1, -0.05) is 12.1 Å². The first kappa shape index (κ1) is 26.4. The molecule has 0 unspecified atom stereocenters. The van der Waals surface area contributed by atoms with Crippen LogP contribution in [0, 0.1) is 11.3 Å². The van der Waals surface area contributed by atoms with E-state index in [1.54, 1.807) is 42.6 Å². The summed E-state index contributed by atoms with van der Waals surface area (Å²) in [5.74, 6) is 1.46. The van der Waals surface area contributed by atoms with Crippen molar-refractivity contribution in [3.63, 3.8) is 0 Å². The molecule has 1 amide bonds. The van der Waals surface area contributed by atoms with Gasteiger partial charge in [0.15, 0.2) is 0 Å². The number of carbonyl (C=O) groups is 1. The number of hydrogen-bond donors (Lipinski definition) is 2. The van der Waals surface area contributed by atoms with E-state index < -0.39 is 11.7 Å². The van der Waals surface area contributed by atoms with E-state index in [0.29, 0.717) is 41.7 Å². The van der Waals surface area contributed by atoms with Gasteiger partial charge >= 0.3 is 6.09 Å².